The van der Waals surface area contributed by atoms with E-state index in [1.807, 2.05) is 13.8 Å². The average molecular weight is 305 g/mol. The van der Waals surface area contributed by atoms with Crippen LogP contribution in [0.15, 0.2) is 41.6 Å². The zero-order valence-electron chi connectivity index (χ0n) is 12.4. The average Bonchev–Trinajstić information content (AvgIpc) is 2.45. The summed E-state index contributed by atoms with van der Waals surface area (Å²) in [6.07, 6.45) is 3.29. The molecule has 0 saturated heterocycles. The van der Waals surface area contributed by atoms with Crippen molar-refractivity contribution in [3.05, 3.63) is 53.3 Å². The molecular weight excluding hydrogens is 286 g/mol. The highest BCUT2D eigenvalue weighted by atomic mass is 32.2. The first kappa shape index (κ1) is 15.5. The van der Waals surface area contributed by atoms with Crippen LogP contribution in [0, 0.1) is 13.8 Å². The first-order valence-electron chi connectivity index (χ1n) is 6.54. The third-order valence-electron chi connectivity index (χ3n) is 3.54. The molecule has 0 aliphatic carbocycles. The molecule has 0 saturated carbocycles. The molecule has 1 heterocycles. The second-order valence-corrected chi connectivity index (χ2v) is 7.12. The number of hydrogen-bond acceptors (Lipinski definition) is 4. The van der Waals surface area contributed by atoms with Gasteiger partial charge in [-0.25, -0.2) is 8.42 Å². The molecule has 0 spiro atoms. The van der Waals surface area contributed by atoms with Gasteiger partial charge in [-0.15, -0.1) is 0 Å². The molecule has 1 aromatic carbocycles. The molecule has 1 aromatic heterocycles. The Morgan fingerprint density at radius 1 is 1.19 bits per heavy atom. The van der Waals surface area contributed by atoms with Crippen molar-refractivity contribution in [2.24, 2.45) is 0 Å². The molecule has 21 heavy (non-hydrogen) atoms. The van der Waals surface area contributed by atoms with Crippen LogP contribution in [0.2, 0.25) is 0 Å². The molecule has 0 fully saturated rings. The van der Waals surface area contributed by atoms with E-state index < -0.39 is 10.0 Å². The Labute approximate surface area is 125 Å². The molecule has 2 N–H and O–H groups in total. The molecule has 5 nitrogen and oxygen atoms in total. The smallest absolute Gasteiger partial charge is 0.243 e. The maximum absolute atomic E-state index is 12.6. The number of pyridine rings is 1. The van der Waals surface area contributed by atoms with Crippen molar-refractivity contribution in [2.45, 2.75) is 25.3 Å². The van der Waals surface area contributed by atoms with Crippen LogP contribution in [-0.4, -0.2) is 24.8 Å². The molecule has 0 atom stereocenters. The quantitative estimate of drug-likeness (QED) is 0.878. The summed E-state index contributed by atoms with van der Waals surface area (Å²) >= 11 is 0. The van der Waals surface area contributed by atoms with E-state index >= 15 is 0 Å². The lowest BCUT2D eigenvalue weighted by atomic mass is 10.1. The van der Waals surface area contributed by atoms with Crippen LogP contribution in [0.5, 0.6) is 0 Å². The molecular formula is C15H19N3O2S. The van der Waals surface area contributed by atoms with Crippen molar-refractivity contribution >= 4 is 15.7 Å². The summed E-state index contributed by atoms with van der Waals surface area (Å²) in [7, 11) is -2.01. The van der Waals surface area contributed by atoms with Gasteiger partial charge in [0.1, 0.15) is 0 Å². The fraction of sp³-hybridized carbons (Fsp3) is 0.267. The highest BCUT2D eigenvalue weighted by Gasteiger charge is 2.22. The first-order valence-corrected chi connectivity index (χ1v) is 7.98. The van der Waals surface area contributed by atoms with Crippen molar-refractivity contribution in [2.75, 3.05) is 12.8 Å². The van der Waals surface area contributed by atoms with Crippen LogP contribution in [0.3, 0.4) is 0 Å². The van der Waals surface area contributed by atoms with Gasteiger partial charge in [-0.1, -0.05) is 0 Å². The SMILES string of the molecule is Cc1cc(S(=O)(=O)N(C)Cc2ccncc2)cc(N)c1C. The van der Waals surface area contributed by atoms with Gasteiger partial charge in [0.05, 0.1) is 4.90 Å². The molecule has 2 rings (SSSR count). The van der Waals surface area contributed by atoms with Crippen LogP contribution in [0.4, 0.5) is 5.69 Å². The minimum atomic E-state index is -3.57. The van der Waals surface area contributed by atoms with Gasteiger partial charge >= 0.3 is 0 Å². The summed E-state index contributed by atoms with van der Waals surface area (Å²) in [6, 6.07) is 6.76. The van der Waals surface area contributed by atoms with Crippen molar-refractivity contribution < 1.29 is 8.42 Å². The predicted octanol–water partition coefficient (Wildman–Crippen LogP) is 2.10. The van der Waals surface area contributed by atoms with E-state index in [4.69, 9.17) is 5.73 Å². The summed E-state index contributed by atoms with van der Waals surface area (Å²) in [4.78, 5) is 4.14. The molecule has 112 valence electrons. The van der Waals surface area contributed by atoms with Crippen LogP contribution >= 0.6 is 0 Å². The zero-order valence-corrected chi connectivity index (χ0v) is 13.2. The molecule has 0 amide bonds. The van der Waals surface area contributed by atoms with Crippen molar-refractivity contribution in [3.8, 4) is 0 Å². The number of sulfonamides is 1. The maximum Gasteiger partial charge on any atom is 0.243 e. The minimum Gasteiger partial charge on any atom is -0.398 e. The standard InChI is InChI=1S/C15H19N3O2S/c1-11-8-14(9-15(16)12(11)2)21(19,20)18(3)10-13-4-6-17-7-5-13/h4-9H,10,16H2,1-3H3. The highest BCUT2D eigenvalue weighted by molar-refractivity contribution is 7.89. The Bertz CT molecular complexity index is 720. The second-order valence-electron chi connectivity index (χ2n) is 5.07. The zero-order chi connectivity index (χ0) is 15.6. The molecule has 0 aliphatic rings. The highest BCUT2D eigenvalue weighted by Crippen LogP contribution is 2.24. The van der Waals surface area contributed by atoms with Crippen LogP contribution in [0.25, 0.3) is 0 Å². The Balaban J connectivity index is 2.33. The number of anilines is 1. The fourth-order valence-electron chi connectivity index (χ4n) is 2.01. The van der Waals surface area contributed by atoms with Gasteiger partial charge in [0.25, 0.3) is 0 Å². The van der Waals surface area contributed by atoms with Gasteiger partial charge in [-0.05, 0) is 54.8 Å². The monoisotopic (exact) mass is 305 g/mol. The first-order chi connectivity index (χ1) is 9.82. The lowest BCUT2D eigenvalue weighted by molar-refractivity contribution is 0.466. The van der Waals surface area contributed by atoms with E-state index in [1.54, 1.807) is 37.6 Å². The van der Waals surface area contributed by atoms with Crippen LogP contribution < -0.4 is 5.73 Å². The van der Waals surface area contributed by atoms with Crippen molar-refractivity contribution in [1.82, 2.24) is 9.29 Å². The third-order valence-corrected chi connectivity index (χ3v) is 5.32. The molecule has 0 aliphatic heterocycles. The van der Waals surface area contributed by atoms with E-state index in [1.165, 1.54) is 10.4 Å². The van der Waals surface area contributed by atoms with Gasteiger partial charge in [0, 0.05) is 31.7 Å². The molecule has 0 unspecified atom stereocenters. The number of hydrogen-bond donors (Lipinski definition) is 1. The number of nitrogens with two attached hydrogens (primary N) is 1. The molecule has 6 heteroatoms. The van der Waals surface area contributed by atoms with E-state index in [2.05, 4.69) is 4.98 Å². The second kappa shape index (κ2) is 5.83. The Kier molecular flexibility index (Phi) is 4.29. The van der Waals surface area contributed by atoms with E-state index in [0.717, 1.165) is 16.7 Å². The van der Waals surface area contributed by atoms with E-state index in [9.17, 15) is 8.42 Å². The topological polar surface area (TPSA) is 76.3 Å². The lowest BCUT2D eigenvalue weighted by Crippen LogP contribution is -2.26. The number of nitrogens with zero attached hydrogens (tertiary/aromatic N) is 2. The van der Waals surface area contributed by atoms with Gasteiger partial charge in [-0.3, -0.25) is 4.98 Å². The molecule has 0 radical (unpaired) electrons. The van der Waals surface area contributed by atoms with Gasteiger partial charge in [0.2, 0.25) is 10.0 Å². The summed E-state index contributed by atoms with van der Waals surface area (Å²) in [5.74, 6) is 0. The summed E-state index contributed by atoms with van der Waals surface area (Å²) < 4.78 is 26.5. The van der Waals surface area contributed by atoms with Crippen LogP contribution in [-0.2, 0) is 16.6 Å². The molecule has 2 aromatic rings. The summed E-state index contributed by atoms with van der Waals surface area (Å²) in [6.45, 7) is 4.02. The number of nitrogen functional groups attached to an aromatic ring is 1. The van der Waals surface area contributed by atoms with Crippen molar-refractivity contribution in [3.63, 3.8) is 0 Å². The van der Waals surface area contributed by atoms with Crippen molar-refractivity contribution in [1.29, 1.82) is 0 Å². The minimum absolute atomic E-state index is 0.222. The maximum atomic E-state index is 12.6. The summed E-state index contributed by atoms with van der Waals surface area (Å²) in [5, 5.41) is 0. The van der Waals surface area contributed by atoms with E-state index in [0.29, 0.717) is 5.69 Å². The number of rotatable bonds is 4. The Morgan fingerprint density at radius 2 is 1.81 bits per heavy atom. The van der Waals surface area contributed by atoms with Crippen LogP contribution in [0.1, 0.15) is 16.7 Å². The van der Waals surface area contributed by atoms with Gasteiger partial charge in [0.15, 0.2) is 0 Å². The summed E-state index contributed by atoms with van der Waals surface area (Å²) in [5.41, 5.74) is 9.03. The lowest BCUT2D eigenvalue weighted by Gasteiger charge is -2.18. The van der Waals surface area contributed by atoms with E-state index in [-0.39, 0.29) is 11.4 Å². The number of aryl methyl sites for hydroxylation is 1. The van der Waals surface area contributed by atoms with Gasteiger partial charge < -0.3 is 5.73 Å². The fourth-order valence-corrected chi connectivity index (χ4v) is 3.29. The normalized spacial score (nSPS) is 11.8. The Morgan fingerprint density at radius 3 is 2.38 bits per heavy atom. The largest absolute Gasteiger partial charge is 0.398 e. The number of benzene rings is 1. The molecule has 0 bridgehead atoms. The number of aromatic nitrogens is 1. The van der Waals surface area contributed by atoms with Gasteiger partial charge in [-0.2, -0.15) is 4.31 Å². The third kappa shape index (κ3) is 3.22. The predicted molar refractivity (Wildman–Crippen MR) is 83.2 cm³/mol. The Hall–Kier alpha value is -1.92.